The topological polar surface area (TPSA) is 49.4 Å². The van der Waals surface area contributed by atoms with Crippen LogP contribution in [-0.2, 0) is 22.4 Å². The maximum absolute atomic E-state index is 12.4. The first kappa shape index (κ1) is 17.4. The molecular formula is C23H22N2O2. The first-order valence-electron chi connectivity index (χ1n) is 9.44. The number of hydrogen-bond acceptors (Lipinski definition) is 2. The Bertz CT molecular complexity index is 924. The molecule has 1 N–H and O–H groups in total. The Balaban J connectivity index is 1.35. The van der Waals surface area contributed by atoms with Gasteiger partial charge in [0.1, 0.15) is 0 Å². The lowest BCUT2D eigenvalue weighted by Crippen LogP contribution is -2.33. The predicted molar refractivity (Wildman–Crippen MR) is 105 cm³/mol. The molecule has 1 atom stereocenters. The lowest BCUT2D eigenvalue weighted by molar-refractivity contribution is -0.126. The third kappa shape index (κ3) is 3.88. The average molecular weight is 358 g/mol. The Hall–Kier alpha value is -3.06. The Labute approximate surface area is 159 Å². The number of carbonyl (C=O) groups is 2. The molecule has 0 unspecified atom stereocenters. The van der Waals surface area contributed by atoms with E-state index in [1.807, 2.05) is 36.4 Å². The highest BCUT2D eigenvalue weighted by Crippen LogP contribution is 2.30. The van der Waals surface area contributed by atoms with Gasteiger partial charge in [-0.25, -0.2) is 0 Å². The second-order valence-corrected chi connectivity index (χ2v) is 7.10. The molecule has 4 nitrogen and oxygen atoms in total. The van der Waals surface area contributed by atoms with Crippen LogP contribution >= 0.6 is 0 Å². The fraction of sp³-hybridized carbons (Fsp3) is 0.304. The van der Waals surface area contributed by atoms with Gasteiger partial charge >= 0.3 is 0 Å². The summed E-state index contributed by atoms with van der Waals surface area (Å²) in [6.07, 6.45) is 3.64. The number of rotatable bonds is 3. The number of hydrogen-bond donors (Lipinski definition) is 1. The lowest BCUT2D eigenvalue weighted by atomic mass is 10.1. The highest BCUT2D eigenvalue weighted by Gasteiger charge is 2.35. The maximum Gasteiger partial charge on any atom is 0.227 e. The number of nitrogens with zero attached hydrogens (tertiary/aromatic N) is 1. The van der Waals surface area contributed by atoms with E-state index in [0.717, 1.165) is 24.1 Å². The Morgan fingerprint density at radius 3 is 2.78 bits per heavy atom. The molecule has 1 aliphatic heterocycles. The van der Waals surface area contributed by atoms with Crippen LogP contribution in [0.2, 0.25) is 0 Å². The molecule has 4 rings (SSSR count). The first-order chi connectivity index (χ1) is 13.2. The van der Waals surface area contributed by atoms with Gasteiger partial charge in [-0.15, -0.1) is 0 Å². The van der Waals surface area contributed by atoms with Crippen LogP contribution in [0.15, 0.2) is 48.5 Å². The zero-order chi connectivity index (χ0) is 18.6. The van der Waals surface area contributed by atoms with Gasteiger partial charge in [-0.1, -0.05) is 36.1 Å². The van der Waals surface area contributed by atoms with E-state index in [4.69, 9.17) is 0 Å². The summed E-state index contributed by atoms with van der Waals surface area (Å²) >= 11 is 0. The molecule has 1 fully saturated rings. The number of amides is 2. The molecule has 2 aromatic carbocycles. The van der Waals surface area contributed by atoms with Gasteiger partial charge in [0.25, 0.3) is 0 Å². The molecule has 2 amide bonds. The monoisotopic (exact) mass is 358 g/mol. The molecule has 0 aromatic heterocycles. The van der Waals surface area contributed by atoms with Crippen molar-refractivity contribution in [2.75, 3.05) is 18.0 Å². The molecule has 1 aliphatic carbocycles. The van der Waals surface area contributed by atoms with Crippen LogP contribution in [0.1, 0.15) is 29.5 Å². The van der Waals surface area contributed by atoms with Gasteiger partial charge in [0.15, 0.2) is 0 Å². The number of fused-ring (bicyclic) bond motifs is 1. The normalized spacial score (nSPS) is 18.0. The van der Waals surface area contributed by atoms with E-state index in [9.17, 15) is 9.59 Å². The molecule has 0 spiro atoms. The van der Waals surface area contributed by atoms with Crippen LogP contribution in [0.5, 0.6) is 0 Å². The van der Waals surface area contributed by atoms with E-state index >= 15 is 0 Å². The molecule has 27 heavy (non-hydrogen) atoms. The summed E-state index contributed by atoms with van der Waals surface area (Å²) in [6.45, 7) is 0.729. The fourth-order valence-corrected chi connectivity index (χ4v) is 3.80. The zero-order valence-corrected chi connectivity index (χ0v) is 15.2. The third-order valence-corrected chi connectivity index (χ3v) is 5.25. The summed E-state index contributed by atoms with van der Waals surface area (Å²) in [5.41, 5.74) is 4.56. The number of aryl methyl sites for hydroxylation is 2. The summed E-state index contributed by atoms with van der Waals surface area (Å²) < 4.78 is 0. The average Bonchev–Trinajstić information content (AvgIpc) is 3.31. The van der Waals surface area contributed by atoms with Gasteiger partial charge < -0.3 is 10.2 Å². The van der Waals surface area contributed by atoms with E-state index in [0.29, 0.717) is 6.54 Å². The van der Waals surface area contributed by atoms with Crippen LogP contribution in [0.4, 0.5) is 5.69 Å². The minimum atomic E-state index is -0.315. The number of carbonyl (C=O) groups excluding carboxylic acids is 2. The van der Waals surface area contributed by atoms with Gasteiger partial charge in [0.2, 0.25) is 11.8 Å². The minimum absolute atomic E-state index is 0.0171. The molecule has 0 bridgehead atoms. The summed E-state index contributed by atoms with van der Waals surface area (Å²) in [5, 5.41) is 2.84. The van der Waals surface area contributed by atoms with Gasteiger partial charge in [-0.2, -0.15) is 0 Å². The van der Waals surface area contributed by atoms with Gasteiger partial charge in [-0.05, 0) is 54.7 Å². The van der Waals surface area contributed by atoms with E-state index in [2.05, 4.69) is 29.3 Å². The van der Waals surface area contributed by atoms with Crippen molar-refractivity contribution in [3.05, 3.63) is 65.2 Å². The third-order valence-electron chi connectivity index (χ3n) is 5.25. The Morgan fingerprint density at radius 1 is 1.11 bits per heavy atom. The van der Waals surface area contributed by atoms with Crippen molar-refractivity contribution < 1.29 is 9.59 Å². The van der Waals surface area contributed by atoms with Crippen LogP contribution in [-0.4, -0.2) is 24.9 Å². The second kappa shape index (κ2) is 7.67. The first-order valence-corrected chi connectivity index (χ1v) is 9.44. The molecule has 0 saturated carbocycles. The molecule has 4 heteroatoms. The highest BCUT2D eigenvalue weighted by molar-refractivity contribution is 6.00. The largest absolute Gasteiger partial charge is 0.345 e. The number of anilines is 1. The van der Waals surface area contributed by atoms with Crippen LogP contribution < -0.4 is 10.2 Å². The van der Waals surface area contributed by atoms with Crippen molar-refractivity contribution in [2.24, 2.45) is 5.92 Å². The summed E-state index contributed by atoms with van der Waals surface area (Å²) in [4.78, 5) is 26.6. The highest BCUT2D eigenvalue weighted by atomic mass is 16.2. The molecular weight excluding hydrogens is 336 g/mol. The maximum atomic E-state index is 12.4. The van der Waals surface area contributed by atoms with Crippen molar-refractivity contribution in [1.82, 2.24) is 5.32 Å². The van der Waals surface area contributed by atoms with Crippen LogP contribution in [0, 0.1) is 17.8 Å². The quantitative estimate of drug-likeness (QED) is 0.858. The van der Waals surface area contributed by atoms with Gasteiger partial charge in [0.05, 0.1) is 12.5 Å². The fourth-order valence-electron chi connectivity index (χ4n) is 3.80. The summed E-state index contributed by atoms with van der Waals surface area (Å²) in [7, 11) is 0. The Kier molecular flexibility index (Phi) is 4.93. The van der Waals surface area contributed by atoms with Crippen molar-refractivity contribution in [3.63, 3.8) is 0 Å². The summed E-state index contributed by atoms with van der Waals surface area (Å²) in [6, 6.07) is 15.9. The standard InChI is InChI=1S/C23H22N2O2/c26-22-15-20(23(27)24-13-5-8-17-6-2-1-3-7-17)16-25(22)21-12-11-18-9-4-10-19(18)14-21/h1-3,6-7,11-12,14,20H,4,9-10,13,15-16H2,(H,24,27)/t20-/m1/s1. The van der Waals surface area contributed by atoms with E-state index in [1.54, 1.807) is 4.90 Å². The molecule has 1 saturated heterocycles. The molecule has 2 aromatic rings. The molecule has 0 radical (unpaired) electrons. The van der Waals surface area contributed by atoms with Gasteiger partial charge in [-0.3, -0.25) is 9.59 Å². The van der Waals surface area contributed by atoms with Crippen molar-refractivity contribution in [1.29, 1.82) is 0 Å². The number of nitrogens with one attached hydrogen (secondary N) is 1. The van der Waals surface area contributed by atoms with E-state index < -0.39 is 0 Å². The second-order valence-electron chi connectivity index (χ2n) is 7.10. The SMILES string of the molecule is O=C(NCC#Cc1ccccc1)[C@@H]1CC(=O)N(c2ccc3c(c2)CCC3)C1. The van der Waals surface area contributed by atoms with Crippen molar-refractivity contribution >= 4 is 17.5 Å². The Morgan fingerprint density at radius 2 is 1.93 bits per heavy atom. The zero-order valence-electron chi connectivity index (χ0n) is 15.2. The van der Waals surface area contributed by atoms with Crippen molar-refractivity contribution in [2.45, 2.75) is 25.7 Å². The smallest absolute Gasteiger partial charge is 0.227 e. The van der Waals surface area contributed by atoms with Crippen molar-refractivity contribution in [3.8, 4) is 11.8 Å². The minimum Gasteiger partial charge on any atom is -0.345 e. The van der Waals surface area contributed by atoms with Gasteiger partial charge in [0, 0.05) is 24.2 Å². The van der Waals surface area contributed by atoms with E-state index in [-0.39, 0.29) is 30.7 Å². The predicted octanol–water partition coefficient (Wildman–Crippen LogP) is 2.70. The molecule has 2 aliphatic rings. The van der Waals surface area contributed by atoms with Crippen LogP contribution in [0.25, 0.3) is 0 Å². The lowest BCUT2D eigenvalue weighted by Gasteiger charge is -2.17. The summed E-state index contributed by atoms with van der Waals surface area (Å²) in [5.74, 6) is 5.57. The molecule has 136 valence electrons. The van der Waals surface area contributed by atoms with E-state index in [1.165, 1.54) is 17.5 Å². The molecule has 1 heterocycles. The van der Waals surface area contributed by atoms with Crippen LogP contribution in [0.3, 0.4) is 0 Å². The number of benzene rings is 2.